The lowest BCUT2D eigenvalue weighted by atomic mass is 9.95. The number of hydrogen-bond acceptors (Lipinski definition) is 4. The maximum Gasteiger partial charge on any atom is 0.325 e. The van der Waals surface area contributed by atoms with Gasteiger partial charge in [0.25, 0.3) is 5.91 Å². The molecule has 1 saturated carbocycles. The van der Waals surface area contributed by atoms with Gasteiger partial charge in [-0.25, -0.2) is 4.79 Å². The van der Waals surface area contributed by atoms with E-state index in [0.29, 0.717) is 5.76 Å². The molecule has 4 amide bonds. The summed E-state index contributed by atoms with van der Waals surface area (Å²) in [4.78, 5) is 37.8. The van der Waals surface area contributed by atoms with Gasteiger partial charge in [0.2, 0.25) is 5.91 Å². The smallest absolute Gasteiger partial charge is 0.325 e. The van der Waals surface area contributed by atoms with Gasteiger partial charge in [-0.1, -0.05) is 19.3 Å². The summed E-state index contributed by atoms with van der Waals surface area (Å²) in [7, 11) is 0. The summed E-state index contributed by atoms with van der Waals surface area (Å²) in [5, 5.41) is 5.52. The second-order valence-corrected chi connectivity index (χ2v) is 6.33. The first-order valence-corrected chi connectivity index (χ1v) is 7.98. The van der Waals surface area contributed by atoms with Crippen molar-refractivity contribution in [2.45, 2.75) is 50.6 Å². The maximum atomic E-state index is 12.6. The molecule has 1 aromatic rings. The largest absolute Gasteiger partial charge is 0.466 e. The highest BCUT2D eigenvalue weighted by Gasteiger charge is 2.51. The molecule has 1 atom stereocenters. The highest BCUT2D eigenvalue weighted by molar-refractivity contribution is 6.08. The first-order chi connectivity index (χ1) is 11.0. The zero-order valence-electron chi connectivity index (χ0n) is 13.1. The van der Waals surface area contributed by atoms with E-state index in [0.717, 1.165) is 30.6 Å². The van der Waals surface area contributed by atoms with Gasteiger partial charge in [0.05, 0.1) is 6.26 Å². The summed E-state index contributed by atoms with van der Waals surface area (Å²) in [6.07, 6.45) is 6.75. The van der Waals surface area contributed by atoms with Crippen LogP contribution in [-0.2, 0) is 15.1 Å². The van der Waals surface area contributed by atoms with Crippen LogP contribution >= 0.6 is 0 Å². The fourth-order valence-electron chi connectivity index (χ4n) is 3.23. The minimum atomic E-state index is -1.26. The molecule has 2 heterocycles. The minimum Gasteiger partial charge on any atom is -0.466 e. The lowest BCUT2D eigenvalue weighted by molar-refractivity contribution is -0.135. The molecule has 7 heteroatoms. The Morgan fingerprint density at radius 1 is 1.39 bits per heavy atom. The Hall–Kier alpha value is -2.31. The van der Waals surface area contributed by atoms with Gasteiger partial charge in [-0.2, -0.15) is 0 Å². The monoisotopic (exact) mass is 319 g/mol. The van der Waals surface area contributed by atoms with E-state index in [1.165, 1.54) is 12.7 Å². The average Bonchev–Trinajstić information content (AvgIpc) is 3.13. The Morgan fingerprint density at radius 2 is 2.13 bits per heavy atom. The van der Waals surface area contributed by atoms with Gasteiger partial charge < -0.3 is 15.1 Å². The van der Waals surface area contributed by atoms with E-state index in [1.54, 1.807) is 19.1 Å². The Kier molecular flexibility index (Phi) is 4.11. The molecular formula is C16H21N3O4. The number of nitrogens with one attached hydrogen (secondary N) is 2. The molecule has 0 aromatic carbocycles. The van der Waals surface area contributed by atoms with Crippen LogP contribution in [0.1, 0.15) is 44.8 Å². The highest BCUT2D eigenvalue weighted by Crippen LogP contribution is 2.28. The molecule has 2 fully saturated rings. The summed E-state index contributed by atoms with van der Waals surface area (Å²) in [6, 6.07) is 2.85. The summed E-state index contributed by atoms with van der Waals surface area (Å²) < 4.78 is 5.25. The Bertz CT molecular complexity index is 607. The highest BCUT2D eigenvalue weighted by atomic mass is 16.3. The first-order valence-electron chi connectivity index (χ1n) is 7.98. The maximum absolute atomic E-state index is 12.6. The quantitative estimate of drug-likeness (QED) is 0.823. The minimum absolute atomic E-state index is 0.147. The zero-order chi connectivity index (χ0) is 16.4. The summed E-state index contributed by atoms with van der Waals surface area (Å²) in [5.41, 5.74) is -1.26. The van der Waals surface area contributed by atoms with Crippen molar-refractivity contribution in [2.24, 2.45) is 0 Å². The molecule has 1 aromatic heterocycles. The van der Waals surface area contributed by atoms with Crippen LogP contribution in [0.3, 0.4) is 0 Å². The van der Waals surface area contributed by atoms with Crippen molar-refractivity contribution in [3.05, 3.63) is 24.2 Å². The van der Waals surface area contributed by atoms with Crippen LogP contribution in [0.4, 0.5) is 4.79 Å². The molecule has 2 aliphatic rings. The molecule has 1 aliphatic carbocycles. The van der Waals surface area contributed by atoms with Gasteiger partial charge in [-0.05, 0) is 31.9 Å². The van der Waals surface area contributed by atoms with Gasteiger partial charge >= 0.3 is 6.03 Å². The molecule has 124 valence electrons. The molecule has 3 rings (SSSR count). The number of amides is 4. The molecule has 1 aliphatic heterocycles. The van der Waals surface area contributed by atoms with Crippen LogP contribution in [0, 0.1) is 0 Å². The first kappa shape index (κ1) is 15.6. The molecular weight excluding hydrogens is 298 g/mol. The van der Waals surface area contributed by atoms with Crippen molar-refractivity contribution in [2.75, 3.05) is 6.54 Å². The van der Waals surface area contributed by atoms with Crippen LogP contribution < -0.4 is 10.6 Å². The van der Waals surface area contributed by atoms with E-state index < -0.39 is 17.5 Å². The van der Waals surface area contributed by atoms with E-state index in [4.69, 9.17) is 4.42 Å². The standard InChI is InChI=1S/C16H21N3O4/c1-16(12-8-5-9-23-12)14(21)19(15(22)18-16)10-13(20)17-11-6-3-2-4-7-11/h5,8-9,11H,2-4,6-7,10H2,1H3,(H,17,20)(H,18,22)/t16-/m0/s1. The summed E-state index contributed by atoms with van der Waals surface area (Å²) in [5.74, 6) is -0.425. The fraction of sp³-hybridized carbons (Fsp3) is 0.562. The number of furan rings is 1. The van der Waals surface area contributed by atoms with Crippen molar-refractivity contribution in [1.82, 2.24) is 15.5 Å². The van der Waals surface area contributed by atoms with Crippen molar-refractivity contribution in [1.29, 1.82) is 0 Å². The van der Waals surface area contributed by atoms with E-state index in [2.05, 4.69) is 10.6 Å². The predicted molar refractivity (Wildman–Crippen MR) is 81.3 cm³/mol. The lowest BCUT2D eigenvalue weighted by Gasteiger charge is -2.24. The second kappa shape index (κ2) is 6.06. The predicted octanol–water partition coefficient (Wildman–Crippen LogP) is 1.50. The third-order valence-corrected chi connectivity index (χ3v) is 4.56. The van der Waals surface area contributed by atoms with Crippen molar-refractivity contribution >= 4 is 17.8 Å². The third kappa shape index (κ3) is 2.95. The topological polar surface area (TPSA) is 91.7 Å². The second-order valence-electron chi connectivity index (χ2n) is 6.33. The molecule has 23 heavy (non-hydrogen) atoms. The number of carbonyl (C=O) groups excluding carboxylic acids is 3. The van der Waals surface area contributed by atoms with Gasteiger partial charge in [0.1, 0.15) is 12.3 Å². The molecule has 0 radical (unpaired) electrons. The zero-order valence-corrected chi connectivity index (χ0v) is 13.1. The van der Waals surface area contributed by atoms with Crippen molar-refractivity contribution in [3.8, 4) is 0 Å². The van der Waals surface area contributed by atoms with Crippen LogP contribution in [0.15, 0.2) is 22.8 Å². The third-order valence-electron chi connectivity index (χ3n) is 4.56. The van der Waals surface area contributed by atoms with Crippen LogP contribution in [-0.4, -0.2) is 35.3 Å². The molecule has 0 spiro atoms. The van der Waals surface area contributed by atoms with E-state index in [1.807, 2.05) is 0 Å². The number of hydrogen-bond donors (Lipinski definition) is 2. The molecule has 0 bridgehead atoms. The van der Waals surface area contributed by atoms with Crippen LogP contribution in [0.2, 0.25) is 0 Å². The SMILES string of the molecule is C[C@@]1(c2ccco2)NC(=O)N(CC(=O)NC2CCCCC2)C1=O. The van der Waals surface area contributed by atoms with Gasteiger partial charge in [0, 0.05) is 6.04 Å². The Balaban J connectivity index is 1.65. The normalized spacial score (nSPS) is 25.5. The van der Waals surface area contributed by atoms with Crippen molar-refractivity contribution < 1.29 is 18.8 Å². The lowest BCUT2D eigenvalue weighted by Crippen LogP contribution is -2.45. The van der Waals surface area contributed by atoms with E-state index in [9.17, 15) is 14.4 Å². The number of carbonyl (C=O) groups is 3. The van der Waals surface area contributed by atoms with Gasteiger partial charge in [-0.15, -0.1) is 0 Å². The summed E-state index contributed by atoms with van der Waals surface area (Å²) in [6.45, 7) is 1.31. The number of imide groups is 1. The molecule has 7 nitrogen and oxygen atoms in total. The van der Waals surface area contributed by atoms with Crippen LogP contribution in [0.5, 0.6) is 0 Å². The number of rotatable bonds is 4. The molecule has 0 unspecified atom stereocenters. The van der Waals surface area contributed by atoms with E-state index in [-0.39, 0.29) is 18.5 Å². The van der Waals surface area contributed by atoms with E-state index >= 15 is 0 Å². The van der Waals surface area contributed by atoms with Gasteiger partial charge in [-0.3, -0.25) is 14.5 Å². The fourth-order valence-corrected chi connectivity index (χ4v) is 3.23. The Morgan fingerprint density at radius 3 is 2.78 bits per heavy atom. The molecule has 1 saturated heterocycles. The number of urea groups is 1. The Labute approximate surface area is 134 Å². The average molecular weight is 319 g/mol. The van der Waals surface area contributed by atoms with Crippen LogP contribution in [0.25, 0.3) is 0 Å². The van der Waals surface area contributed by atoms with Crippen molar-refractivity contribution in [3.63, 3.8) is 0 Å². The van der Waals surface area contributed by atoms with Gasteiger partial charge in [0.15, 0.2) is 5.54 Å². The summed E-state index contributed by atoms with van der Waals surface area (Å²) >= 11 is 0. The number of nitrogens with zero attached hydrogens (tertiary/aromatic N) is 1. The molecule has 2 N–H and O–H groups in total.